The zero-order chi connectivity index (χ0) is 15.5. The van der Waals surface area contributed by atoms with Crippen LogP contribution in [0.5, 0.6) is 0 Å². The van der Waals surface area contributed by atoms with Crippen LogP contribution in [0, 0.1) is 0 Å². The molecule has 2 N–H and O–H groups in total. The van der Waals surface area contributed by atoms with Gasteiger partial charge < -0.3 is 10.0 Å². The predicted octanol–water partition coefficient (Wildman–Crippen LogP) is 5.51. The molecule has 0 amide bonds. The fraction of sp³-hybridized carbons (Fsp3) is 0. The zero-order valence-electron chi connectivity index (χ0n) is 10.4. The Balaban J connectivity index is 0. The summed E-state index contributed by atoms with van der Waals surface area (Å²) in [6.07, 6.45) is 0. The van der Waals surface area contributed by atoms with E-state index in [0.29, 0.717) is 10.5 Å². The van der Waals surface area contributed by atoms with Crippen LogP contribution in [0.1, 0.15) is 0 Å². The fourth-order valence-electron chi connectivity index (χ4n) is 1.12. The van der Waals surface area contributed by atoms with E-state index in [9.17, 15) is 0 Å². The number of halogens is 6. The quantitative estimate of drug-likeness (QED) is 0.301. The molecule has 0 unspecified atom stereocenters. The predicted molar refractivity (Wildman–Crippen MR) is 124 cm³/mol. The lowest BCUT2D eigenvalue weighted by Gasteiger charge is -1.99. The summed E-state index contributed by atoms with van der Waals surface area (Å²) in [5.41, 5.74) is 0.337. The molecule has 0 aliphatic carbocycles. The molecule has 0 radical (unpaired) electrons. The van der Waals surface area contributed by atoms with E-state index in [-0.39, 0.29) is 24.0 Å². The third kappa shape index (κ3) is 11.0. The van der Waals surface area contributed by atoms with Gasteiger partial charge in [0.1, 0.15) is 0 Å². The molecule has 0 aliphatic rings. The highest BCUT2D eigenvalue weighted by Gasteiger charge is 2.12. The van der Waals surface area contributed by atoms with E-state index in [4.69, 9.17) is 33.2 Å². The van der Waals surface area contributed by atoms with Gasteiger partial charge in [-0.15, -0.1) is 24.0 Å². The van der Waals surface area contributed by atoms with Crippen LogP contribution in [0.15, 0.2) is 53.0 Å². The normalized spacial score (nSPS) is 8.33. The second kappa shape index (κ2) is 15.2. The molecular formula is C12H11BBrCl2I3O2. The van der Waals surface area contributed by atoms with Gasteiger partial charge in [-0.1, -0.05) is 53.5 Å². The minimum Gasteiger partial charge on any atom is -0.423 e. The van der Waals surface area contributed by atoms with Crippen molar-refractivity contribution in [3.63, 3.8) is 0 Å². The van der Waals surface area contributed by atoms with E-state index in [1.54, 1.807) is 24.3 Å². The molecule has 9 heteroatoms. The lowest BCUT2D eigenvalue weighted by Crippen LogP contribution is -2.30. The summed E-state index contributed by atoms with van der Waals surface area (Å²) in [6, 6.07) is 14.2. The van der Waals surface area contributed by atoms with E-state index < -0.39 is 7.12 Å². The molecular weight excluding hydrogens is 718 g/mol. The lowest BCUT2D eigenvalue weighted by molar-refractivity contribution is 0.426. The molecule has 0 aromatic heterocycles. The SMILES string of the molecule is Clc1ccccc1Br.I.II.OB(O)c1ccccc1Cl. The highest BCUT2D eigenvalue weighted by atomic mass is 128. The van der Waals surface area contributed by atoms with Crippen LogP contribution in [-0.4, -0.2) is 17.2 Å². The molecule has 0 saturated carbocycles. The van der Waals surface area contributed by atoms with Crippen molar-refractivity contribution in [1.29, 1.82) is 0 Å². The van der Waals surface area contributed by atoms with Gasteiger partial charge in [0.25, 0.3) is 0 Å². The first-order chi connectivity index (χ1) is 9.52. The second-order valence-electron chi connectivity index (χ2n) is 3.31. The maximum Gasteiger partial charge on any atom is 0.489 e. The van der Waals surface area contributed by atoms with Crippen molar-refractivity contribution in [2.24, 2.45) is 0 Å². The van der Waals surface area contributed by atoms with Crippen molar-refractivity contribution in [2.75, 3.05) is 0 Å². The summed E-state index contributed by atoms with van der Waals surface area (Å²) in [5, 5.41) is 18.5. The molecule has 0 saturated heterocycles. The standard InChI is InChI=1S/C6H6BClO2.C6H4BrCl.I2.HI/c8-6-4-2-1-3-5(6)7(9)10;7-5-3-1-2-4-6(5)8;1-2;/h1-4,9-10H;1-4H;;1H. The Labute approximate surface area is 183 Å². The average Bonchev–Trinajstić information content (AvgIpc) is 2.45. The Kier molecular flexibility index (Phi) is 18.1. The molecule has 0 bridgehead atoms. The number of benzene rings is 2. The van der Waals surface area contributed by atoms with Gasteiger partial charge in [-0.25, -0.2) is 0 Å². The van der Waals surface area contributed by atoms with E-state index in [1.165, 1.54) is 0 Å². The van der Waals surface area contributed by atoms with Gasteiger partial charge in [0.15, 0.2) is 0 Å². The van der Waals surface area contributed by atoms with Crippen LogP contribution in [0.25, 0.3) is 0 Å². The van der Waals surface area contributed by atoms with Crippen LogP contribution in [0.4, 0.5) is 0 Å². The van der Waals surface area contributed by atoms with Crippen molar-refractivity contribution >= 4 is 113 Å². The minimum absolute atomic E-state index is 0. The first kappa shape index (κ1) is 24.9. The van der Waals surface area contributed by atoms with Crippen LogP contribution in [-0.2, 0) is 0 Å². The van der Waals surface area contributed by atoms with Gasteiger partial charge in [-0.2, -0.15) is 0 Å². The number of hydrogen-bond acceptors (Lipinski definition) is 2. The Hall–Kier alpha value is 1.67. The van der Waals surface area contributed by atoms with E-state index in [1.807, 2.05) is 24.3 Å². The molecule has 0 heterocycles. The molecule has 2 rings (SSSR count). The van der Waals surface area contributed by atoms with Crippen molar-refractivity contribution in [2.45, 2.75) is 0 Å². The Morgan fingerprint density at radius 1 is 0.857 bits per heavy atom. The van der Waals surface area contributed by atoms with Gasteiger partial charge in [0, 0.05) is 52.2 Å². The minimum atomic E-state index is -1.48. The van der Waals surface area contributed by atoms with Crippen LogP contribution in [0.2, 0.25) is 10.0 Å². The maximum atomic E-state index is 8.68. The van der Waals surface area contributed by atoms with Crippen LogP contribution in [0.3, 0.4) is 0 Å². The van der Waals surface area contributed by atoms with Crippen molar-refractivity contribution < 1.29 is 10.0 Å². The summed E-state index contributed by atoms with van der Waals surface area (Å²) in [7, 11) is -1.48. The molecule has 2 aromatic rings. The molecule has 2 aromatic carbocycles. The maximum absolute atomic E-state index is 8.68. The van der Waals surface area contributed by atoms with E-state index in [0.717, 1.165) is 9.50 Å². The highest BCUT2D eigenvalue weighted by molar-refractivity contribution is 15.0. The van der Waals surface area contributed by atoms with Gasteiger partial charge in [-0.05, 0) is 34.1 Å². The second-order valence-corrected chi connectivity index (χ2v) is 4.98. The van der Waals surface area contributed by atoms with Crippen molar-refractivity contribution in [3.05, 3.63) is 63.0 Å². The van der Waals surface area contributed by atoms with E-state index in [2.05, 4.69) is 53.2 Å². The van der Waals surface area contributed by atoms with Crippen LogP contribution < -0.4 is 5.46 Å². The van der Waals surface area contributed by atoms with Gasteiger partial charge in [0.05, 0.1) is 5.02 Å². The van der Waals surface area contributed by atoms with Gasteiger partial charge in [0.2, 0.25) is 0 Å². The summed E-state index contributed by atoms with van der Waals surface area (Å²) >= 11 is 18.8. The van der Waals surface area contributed by atoms with Gasteiger partial charge >= 0.3 is 7.12 Å². The monoisotopic (exact) mass is 728 g/mol. The first-order valence-electron chi connectivity index (χ1n) is 5.17. The molecule has 0 fully saturated rings. The summed E-state index contributed by atoms with van der Waals surface area (Å²) in [4.78, 5) is 0. The number of rotatable bonds is 1. The topological polar surface area (TPSA) is 40.5 Å². The van der Waals surface area contributed by atoms with Crippen molar-refractivity contribution in [3.8, 4) is 0 Å². The molecule has 116 valence electrons. The third-order valence-electron chi connectivity index (χ3n) is 2.01. The Bertz CT molecular complexity index is 500. The summed E-state index contributed by atoms with van der Waals surface area (Å²) < 4.78 is 0.946. The van der Waals surface area contributed by atoms with Crippen molar-refractivity contribution in [1.82, 2.24) is 0 Å². The Morgan fingerprint density at radius 2 is 1.29 bits per heavy atom. The van der Waals surface area contributed by atoms with Gasteiger partial charge in [-0.3, -0.25) is 0 Å². The fourth-order valence-corrected chi connectivity index (χ4v) is 1.78. The molecule has 2 nitrogen and oxygen atoms in total. The molecule has 21 heavy (non-hydrogen) atoms. The highest BCUT2D eigenvalue weighted by Crippen LogP contribution is 2.20. The molecule has 0 atom stereocenters. The largest absolute Gasteiger partial charge is 0.489 e. The van der Waals surface area contributed by atoms with E-state index >= 15 is 0 Å². The molecule has 0 spiro atoms. The average molecular weight is 730 g/mol. The summed E-state index contributed by atoms with van der Waals surface area (Å²) in [6.45, 7) is 0. The molecule has 0 aliphatic heterocycles. The third-order valence-corrected chi connectivity index (χ3v) is 3.60. The number of hydrogen-bond donors (Lipinski definition) is 2. The summed E-state index contributed by atoms with van der Waals surface area (Å²) in [5.74, 6) is 0. The first-order valence-corrected chi connectivity index (χ1v) is 13.0. The smallest absolute Gasteiger partial charge is 0.423 e. The Morgan fingerprint density at radius 3 is 1.57 bits per heavy atom. The van der Waals surface area contributed by atoms with Crippen LogP contribution >= 0.6 is 100 Å². The lowest BCUT2D eigenvalue weighted by atomic mass is 9.80. The zero-order valence-corrected chi connectivity index (χ0v) is 20.1.